The van der Waals surface area contributed by atoms with Crippen LogP contribution < -0.4 is 5.32 Å². The van der Waals surface area contributed by atoms with E-state index in [0.29, 0.717) is 12.5 Å². The van der Waals surface area contributed by atoms with Crippen LogP contribution in [0.25, 0.3) is 6.08 Å². The zero-order valence-corrected chi connectivity index (χ0v) is 19.6. The number of ether oxygens (including phenoxy) is 1. The van der Waals surface area contributed by atoms with E-state index in [1.807, 2.05) is 25.5 Å². The molecule has 0 aliphatic rings. The summed E-state index contributed by atoms with van der Waals surface area (Å²) in [7, 11) is 0. The minimum absolute atomic E-state index is 0.0637. The molecule has 0 aliphatic heterocycles. The highest BCUT2D eigenvalue weighted by atomic mass is 16.5. The molecule has 2 rings (SSSR count). The van der Waals surface area contributed by atoms with E-state index >= 15 is 0 Å². The number of benzene rings is 1. The molecule has 2 aromatic rings. The molecule has 0 aliphatic carbocycles. The second-order valence-electron chi connectivity index (χ2n) is 8.61. The Labute approximate surface area is 185 Å². The van der Waals surface area contributed by atoms with Crippen LogP contribution in [0.5, 0.6) is 0 Å². The Morgan fingerprint density at radius 2 is 1.77 bits per heavy atom. The Morgan fingerprint density at radius 1 is 1.10 bits per heavy atom. The van der Waals surface area contributed by atoms with Crippen molar-refractivity contribution in [2.75, 3.05) is 6.61 Å². The first kappa shape index (κ1) is 24.4. The van der Waals surface area contributed by atoms with Gasteiger partial charge < -0.3 is 10.1 Å². The summed E-state index contributed by atoms with van der Waals surface area (Å²) in [5, 5.41) is 7.45. The Morgan fingerprint density at radius 3 is 2.42 bits per heavy atom. The number of esters is 1. The molecule has 0 spiro atoms. The number of aryl methyl sites for hydroxylation is 2. The summed E-state index contributed by atoms with van der Waals surface area (Å²) in [6.07, 6.45) is 5.00. The largest absolute Gasteiger partial charge is 0.452 e. The van der Waals surface area contributed by atoms with Gasteiger partial charge in [-0.3, -0.25) is 9.48 Å². The molecule has 31 heavy (non-hydrogen) atoms. The summed E-state index contributed by atoms with van der Waals surface area (Å²) >= 11 is 0. The molecule has 0 saturated heterocycles. The van der Waals surface area contributed by atoms with Crippen molar-refractivity contribution in [2.45, 2.75) is 67.0 Å². The molecular formula is C25H35N3O3. The molecule has 6 nitrogen and oxygen atoms in total. The molecule has 1 amide bonds. The first-order valence-electron chi connectivity index (χ1n) is 10.9. The molecule has 0 saturated carbocycles. The lowest BCUT2D eigenvalue weighted by Crippen LogP contribution is -2.35. The molecule has 1 aromatic carbocycles. The van der Waals surface area contributed by atoms with E-state index in [-0.39, 0.29) is 18.6 Å². The van der Waals surface area contributed by atoms with Crippen LogP contribution in [0, 0.1) is 26.7 Å². The van der Waals surface area contributed by atoms with Crippen molar-refractivity contribution in [1.29, 1.82) is 0 Å². The summed E-state index contributed by atoms with van der Waals surface area (Å²) in [5.41, 5.74) is 5.08. The summed E-state index contributed by atoms with van der Waals surface area (Å²) in [5.74, 6) is -0.234. The van der Waals surface area contributed by atoms with Crippen LogP contribution in [-0.2, 0) is 20.9 Å². The van der Waals surface area contributed by atoms with Crippen molar-refractivity contribution in [2.24, 2.45) is 5.92 Å². The van der Waals surface area contributed by atoms with Gasteiger partial charge in [-0.15, -0.1) is 0 Å². The maximum absolute atomic E-state index is 12.1. The van der Waals surface area contributed by atoms with Gasteiger partial charge in [-0.2, -0.15) is 5.10 Å². The van der Waals surface area contributed by atoms with Gasteiger partial charge in [-0.1, -0.05) is 43.7 Å². The molecule has 0 fully saturated rings. The fourth-order valence-electron chi connectivity index (χ4n) is 3.28. The maximum atomic E-state index is 12.1. The summed E-state index contributed by atoms with van der Waals surface area (Å²) in [6, 6.07) is 8.41. The fraction of sp³-hybridized carbons (Fsp3) is 0.480. The molecule has 1 atom stereocenters. The number of nitrogens with one attached hydrogen (secondary N) is 1. The first-order chi connectivity index (χ1) is 14.7. The third-order valence-electron chi connectivity index (χ3n) is 5.21. The minimum Gasteiger partial charge on any atom is -0.452 e. The SMILES string of the molecule is Cc1ccc(Cn2nc(C)c(/C=C/C(=O)OCC(=O)NC(C)CCC(C)C)c2C)cc1. The summed E-state index contributed by atoms with van der Waals surface area (Å²) in [6.45, 7) is 12.6. The average Bonchev–Trinajstić information content (AvgIpc) is 2.97. The van der Waals surface area contributed by atoms with Crippen LogP contribution in [0.1, 0.15) is 61.7 Å². The molecule has 0 bridgehead atoms. The molecule has 6 heteroatoms. The molecule has 1 N–H and O–H groups in total. The van der Waals surface area contributed by atoms with Crippen LogP contribution in [0.3, 0.4) is 0 Å². The van der Waals surface area contributed by atoms with E-state index in [2.05, 4.69) is 55.5 Å². The molecule has 0 radical (unpaired) electrons. The van der Waals surface area contributed by atoms with Gasteiger partial charge in [0, 0.05) is 23.4 Å². The number of carbonyl (C=O) groups is 2. The van der Waals surface area contributed by atoms with Crippen LogP contribution in [0.2, 0.25) is 0 Å². The van der Waals surface area contributed by atoms with Gasteiger partial charge in [-0.05, 0) is 58.1 Å². The summed E-state index contributed by atoms with van der Waals surface area (Å²) in [4.78, 5) is 24.0. The van der Waals surface area contributed by atoms with E-state index in [0.717, 1.165) is 29.8 Å². The summed E-state index contributed by atoms with van der Waals surface area (Å²) < 4.78 is 7.01. The van der Waals surface area contributed by atoms with Gasteiger partial charge >= 0.3 is 5.97 Å². The molecular weight excluding hydrogens is 390 g/mol. The topological polar surface area (TPSA) is 73.2 Å². The second kappa shape index (κ2) is 11.5. The zero-order chi connectivity index (χ0) is 23.0. The highest BCUT2D eigenvalue weighted by Crippen LogP contribution is 2.17. The number of aromatic nitrogens is 2. The van der Waals surface area contributed by atoms with Crippen molar-refractivity contribution in [3.63, 3.8) is 0 Å². The van der Waals surface area contributed by atoms with Crippen molar-refractivity contribution >= 4 is 18.0 Å². The second-order valence-corrected chi connectivity index (χ2v) is 8.61. The lowest BCUT2D eigenvalue weighted by atomic mass is 10.0. The number of amides is 1. The molecule has 168 valence electrons. The highest BCUT2D eigenvalue weighted by Gasteiger charge is 2.12. The third kappa shape index (κ3) is 8.04. The van der Waals surface area contributed by atoms with Crippen LogP contribution in [-0.4, -0.2) is 34.3 Å². The van der Waals surface area contributed by atoms with Gasteiger partial charge in [0.1, 0.15) is 0 Å². The average molecular weight is 426 g/mol. The molecule has 1 heterocycles. The first-order valence-corrected chi connectivity index (χ1v) is 10.9. The van der Waals surface area contributed by atoms with Crippen molar-refractivity contribution in [3.05, 3.63) is 58.4 Å². The number of rotatable bonds is 10. The highest BCUT2D eigenvalue weighted by molar-refractivity contribution is 5.89. The number of hydrogen-bond acceptors (Lipinski definition) is 4. The Kier molecular flexibility index (Phi) is 9.03. The van der Waals surface area contributed by atoms with E-state index in [1.54, 1.807) is 6.08 Å². The quantitative estimate of drug-likeness (QED) is 0.454. The van der Waals surface area contributed by atoms with Gasteiger partial charge in [0.05, 0.1) is 12.2 Å². The van der Waals surface area contributed by atoms with Crippen LogP contribution in [0.4, 0.5) is 0 Å². The van der Waals surface area contributed by atoms with Gasteiger partial charge in [-0.25, -0.2) is 4.79 Å². The zero-order valence-electron chi connectivity index (χ0n) is 19.6. The lowest BCUT2D eigenvalue weighted by molar-refractivity contribution is -0.144. The predicted octanol–water partition coefficient (Wildman–Crippen LogP) is 4.35. The molecule has 1 aromatic heterocycles. The number of nitrogens with zero attached hydrogens (tertiary/aromatic N) is 2. The predicted molar refractivity (Wildman–Crippen MR) is 124 cm³/mol. The lowest BCUT2D eigenvalue weighted by Gasteiger charge is -2.14. The van der Waals surface area contributed by atoms with E-state index in [4.69, 9.17) is 4.74 Å². The van der Waals surface area contributed by atoms with Crippen molar-refractivity contribution in [1.82, 2.24) is 15.1 Å². The smallest absolute Gasteiger partial charge is 0.331 e. The maximum Gasteiger partial charge on any atom is 0.331 e. The van der Waals surface area contributed by atoms with Crippen molar-refractivity contribution in [3.8, 4) is 0 Å². The Balaban J connectivity index is 1.88. The van der Waals surface area contributed by atoms with E-state index in [1.165, 1.54) is 17.2 Å². The van der Waals surface area contributed by atoms with Gasteiger partial charge in [0.2, 0.25) is 0 Å². The standard InChI is InChI=1S/C25H35N3O3/c1-17(2)7-10-19(4)26-24(29)16-31-25(30)14-13-23-20(5)27-28(21(23)6)15-22-11-8-18(3)9-12-22/h8-9,11-14,17,19H,7,10,15-16H2,1-6H3,(H,26,29)/b14-13+. The van der Waals surface area contributed by atoms with E-state index in [9.17, 15) is 9.59 Å². The normalized spacial score (nSPS) is 12.4. The monoisotopic (exact) mass is 425 g/mol. The third-order valence-corrected chi connectivity index (χ3v) is 5.21. The Bertz CT molecular complexity index is 911. The van der Waals surface area contributed by atoms with Gasteiger partial charge in [0.15, 0.2) is 6.61 Å². The number of carbonyl (C=O) groups excluding carboxylic acids is 2. The van der Waals surface area contributed by atoms with Crippen molar-refractivity contribution < 1.29 is 14.3 Å². The molecule has 1 unspecified atom stereocenters. The fourth-order valence-corrected chi connectivity index (χ4v) is 3.28. The van der Waals surface area contributed by atoms with E-state index < -0.39 is 5.97 Å². The van der Waals surface area contributed by atoms with Gasteiger partial charge in [0.25, 0.3) is 5.91 Å². The van der Waals surface area contributed by atoms with Crippen LogP contribution >= 0.6 is 0 Å². The Hall–Kier alpha value is -2.89. The van der Waals surface area contributed by atoms with Crippen LogP contribution in [0.15, 0.2) is 30.3 Å². The number of hydrogen-bond donors (Lipinski definition) is 1. The minimum atomic E-state index is -0.546.